The number of hydrogen-bond donors (Lipinski definition) is 2. The predicted octanol–water partition coefficient (Wildman–Crippen LogP) is 2.41. The molecule has 0 aromatic rings. The van der Waals surface area contributed by atoms with Gasteiger partial charge < -0.3 is 10.6 Å². The number of amides is 1. The lowest BCUT2D eigenvalue weighted by atomic mass is 9.92. The lowest BCUT2D eigenvalue weighted by Gasteiger charge is -2.27. The van der Waals surface area contributed by atoms with Crippen molar-refractivity contribution in [1.29, 1.82) is 0 Å². The van der Waals surface area contributed by atoms with Crippen LogP contribution in [0.25, 0.3) is 0 Å². The number of carbonyl (C=O) groups excluding carboxylic acids is 1. The van der Waals surface area contributed by atoms with Crippen molar-refractivity contribution in [2.24, 2.45) is 5.92 Å². The molecule has 0 aliphatic carbocycles. The smallest absolute Gasteiger partial charge is 0.223 e. The molecule has 1 amide bonds. The normalized spacial score (nSPS) is 23.9. The van der Waals surface area contributed by atoms with Crippen LogP contribution in [0.2, 0.25) is 0 Å². The van der Waals surface area contributed by atoms with E-state index in [0.29, 0.717) is 6.04 Å². The summed E-state index contributed by atoms with van der Waals surface area (Å²) in [6.45, 7) is 4.00. The molecule has 0 bridgehead atoms. The van der Waals surface area contributed by atoms with E-state index in [1.165, 1.54) is 25.0 Å². The van der Waals surface area contributed by atoms with E-state index in [2.05, 4.69) is 23.8 Å². The number of rotatable bonds is 8. The molecule has 0 aromatic heterocycles. The van der Waals surface area contributed by atoms with Crippen LogP contribution >= 0.6 is 11.8 Å². The minimum atomic E-state index is 0.234. The molecule has 106 valence electrons. The van der Waals surface area contributed by atoms with E-state index in [-0.39, 0.29) is 11.8 Å². The second kappa shape index (κ2) is 9.68. The number of piperidine rings is 1. The third-order valence-corrected chi connectivity index (χ3v) is 4.27. The maximum atomic E-state index is 11.9. The highest BCUT2D eigenvalue weighted by atomic mass is 32.2. The number of unbranched alkanes of at least 4 members (excludes halogenated alkanes) is 3. The van der Waals surface area contributed by atoms with Gasteiger partial charge in [-0.05, 0) is 51.2 Å². The van der Waals surface area contributed by atoms with E-state index in [1.807, 2.05) is 11.8 Å². The van der Waals surface area contributed by atoms with Crippen LogP contribution in [0.5, 0.6) is 0 Å². The monoisotopic (exact) mass is 272 g/mol. The first-order chi connectivity index (χ1) is 8.74. The fourth-order valence-electron chi connectivity index (χ4n) is 2.45. The second-order valence-corrected chi connectivity index (χ2v) is 6.26. The van der Waals surface area contributed by atoms with Crippen molar-refractivity contribution in [2.45, 2.75) is 51.5 Å². The molecule has 0 saturated carbocycles. The molecule has 1 heterocycles. The van der Waals surface area contributed by atoms with Gasteiger partial charge in [0.25, 0.3) is 0 Å². The molecule has 1 aliphatic rings. The maximum Gasteiger partial charge on any atom is 0.223 e. The van der Waals surface area contributed by atoms with Crippen LogP contribution in [0, 0.1) is 5.92 Å². The highest BCUT2D eigenvalue weighted by molar-refractivity contribution is 7.98. The summed E-state index contributed by atoms with van der Waals surface area (Å²) in [5.41, 5.74) is 0. The summed E-state index contributed by atoms with van der Waals surface area (Å²) in [4.78, 5) is 11.9. The zero-order valence-electron chi connectivity index (χ0n) is 11.8. The Morgan fingerprint density at radius 3 is 2.83 bits per heavy atom. The van der Waals surface area contributed by atoms with Gasteiger partial charge in [0.2, 0.25) is 5.91 Å². The molecule has 0 aromatic carbocycles. The van der Waals surface area contributed by atoms with E-state index in [0.717, 1.165) is 32.4 Å². The van der Waals surface area contributed by atoms with Crippen LogP contribution in [-0.4, -0.2) is 37.0 Å². The summed E-state index contributed by atoms with van der Waals surface area (Å²) in [5.74, 6) is 1.77. The van der Waals surface area contributed by atoms with Gasteiger partial charge in [0.1, 0.15) is 0 Å². The molecule has 1 saturated heterocycles. The topological polar surface area (TPSA) is 41.1 Å². The first kappa shape index (κ1) is 15.8. The Balaban J connectivity index is 1.99. The van der Waals surface area contributed by atoms with Gasteiger partial charge in [0.05, 0.1) is 0 Å². The number of nitrogens with one attached hydrogen (secondary N) is 2. The molecule has 0 spiro atoms. The Labute approximate surface area is 116 Å². The fraction of sp³-hybridized carbons (Fsp3) is 0.929. The van der Waals surface area contributed by atoms with Crippen LogP contribution in [0.15, 0.2) is 0 Å². The summed E-state index contributed by atoms with van der Waals surface area (Å²) in [7, 11) is 0. The molecule has 1 rings (SSSR count). The molecule has 2 atom stereocenters. The molecule has 1 fully saturated rings. The van der Waals surface area contributed by atoms with Crippen molar-refractivity contribution in [2.75, 3.05) is 25.1 Å². The molecule has 1 aliphatic heterocycles. The number of hydrogen-bond acceptors (Lipinski definition) is 3. The molecule has 2 unspecified atom stereocenters. The Morgan fingerprint density at radius 1 is 1.33 bits per heavy atom. The molecule has 0 radical (unpaired) electrons. The van der Waals surface area contributed by atoms with Crippen molar-refractivity contribution in [3.63, 3.8) is 0 Å². The van der Waals surface area contributed by atoms with Gasteiger partial charge in [-0.3, -0.25) is 4.79 Å². The van der Waals surface area contributed by atoms with E-state index >= 15 is 0 Å². The molecule has 4 heteroatoms. The van der Waals surface area contributed by atoms with Gasteiger partial charge in [-0.1, -0.05) is 12.8 Å². The van der Waals surface area contributed by atoms with Crippen LogP contribution in [-0.2, 0) is 4.79 Å². The minimum absolute atomic E-state index is 0.234. The molecule has 3 nitrogen and oxygen atoms in total. The third kappa shape index (κ3) is 6.64. The van der Waals surface area contributed by atoms with Crippen molar-refractivity contribution in [3.05, 3.63) is 0 Å². The van der Waals surface area contributed by atoms with Crippen molar-refractivity contribution in [3.8, 4) is 0 Å². The summed E-state index contributed by atoms with van der Waals surface area (Å²) >= 11 is 1.91. The van der Waals surface area contributed by atoms with Gasteiger partial charge in [0, 0.05) is 18.5 Å². The zero-order valence-corrected chi connectivity index (χ0v) is 12.7. The van der Waals surface area contributed by atoms with Gasteiger partial charge in [0.15, 0.2) is 0 Å². The average molecular weight is 272 g/mol. The van der Waals surface area contributed by atoms with Gasteiger partial charge in [-0.15, -0.1) is 0 Å². The quantitative estimate of drug-likeness (QED) is 0.667. The van der Waals surface area contributed by atoms with E-state index in [9.17, 15) is 4.79 Å². The lowest BCUT2D eigenvalue weighted by Crippen LogP contribution is -2.42. The highest BCUT2D eigenvalue weighted by Gasteiger charge is 2.23. The Morgan fingerprint density at radius 2 is 2.11 bits per heavy atom. The third-order valence-electron chi connectivity index (χ3n) is 3.57. The number of carbonyl (C=O) groups is 1. The van der Waals surface area contributed by atoms with E-state index < -0.39 is 0 Å². The first-order valence-electron chi connectivity index (χ1n) is 7.24. The summed E-state index contributed by atoms with van der Waals surface area (Å²) in [6.07, 6.45) is 9.09. The molecule has 2 N–H and O–H groups in total. The zero-order chi connectivity index (χ0) is 13.2. The summed E-state index contributed by atoms with van der Waals surface area (Å²) in [6, 6.07) is 0.487. The van der Waals surface area contributed by atoms with Crippen LogP contribution < -0.4 is 10.6 Å². The second-order valence-electron chi connectivity index (χ2n) is 5.27. The van der Waals surface area contributed by atoms with Crippen LogP contribution in [0.1, 0.15) is 45.4 Å². The largest absolute Gasteiger partial charge is 0.356 e. The minimum Gasteiger partial charge on any atom is -0.356 e. The fourth-order valence-corrected chi connectivity index (χ4v) is 2.94. The summed E-state index contributed by atoms with van der Waals surface area (Å²) < 4.78 is 0. The standard InChI is InChI=1S/C14H28N2OS/c1-12-11-13(7-9-15-12)14(17)16-8-5-3-4-6-10-18-2/h12-13,15H,3-11H2,1-2H3,(H,16,17). The SMILES string of the molecule is CSCCCCCCNC(=O)C1CCNC(C)C1. The Kier molecular flexibility index (Phi) is 8.51. The van der Waals surface area contributed by atoms with E-state index in [1.54, 1.807) is 0 Å². The van der Waals surface area contributed by atoms with Gasteiger partial charge in [-0.25, -0.2) is 0 Å². The lowest BCUT2D eigenvalue weighted by molar-refractivity contribution is -0.126. The van der Waals surface area contributed by atoms with Crippen molar-refractivity contribution in [1.82, 2.24) is 10.6 Å². The predicted molar refractivity (Wildman–Crippen MR) is 80.0 cm³/mol. The first-order valence-corrected chi connectivity index (χ1v) is 8.63. The average Bonchev–Trinajstić information content (AvgIpc) is 2.37. The van der Waals surface area contributed by atoms with Gasteiger partial charge >= 0.3 is 0 Å². The summed E-state index contributed by atoms with van der Waals surface area (Å²) in [5, 5.41) is 6.47. The van der Waals surface area contributed by atoms with Crippen molar-refractivity contribution >= 4 is 17.7 Å². The maximum absolute atomic E-state index is 11.9. The molecule has 18 heavy (non-hydrogen) atoms. The van der Waals surface area contributed by atoms with E-state index in [4.69, 9.17) is 0 Å². The van der Waals surface area contributed by atoms with Crippen LogP contribution in [0.4, 0.5) is 0 Å². The van der Waals surface area contributed by atoms with Crippen molar-refractivity contribution < 1.29 is 4.79 Å². The Bertz CT molecular complexity index is 236. The van der Waals surface area contributed by atoms with Gasteiger partial charge in [-0.2, -0.15) is 11.8 Å². The Hall–Kier alpha value is -0.220. The highest BCUT2D eigenvalue weighted by Crippen LogP contribution is 2.15. The molecular weight excluding hydrogens is 244 g/mol. The van der Waals surface area contributed by atoms with Crippen LogP contribution in [0.3, 0.4) is 0 Å². The molecular formula is C14H28N2OS. The number of thioether (sulfide) groups is 1.